The van der Waals surface area contributed by atoms with Crippen molar-refractivity contribution >= 4 is 11.5 Å². The Balaban J connectivity index is 2.19. The first-order valence-corrected chi connectivity index (χ1v) is 5.00. The van der Waals surface area contributed by atoms with Gasteiger partial charge in [0, 0.05) is 17.8 Å². The molecule has 1 aromatic carbocycles. The second-order valence-electron chi connectivity index (χ2n) is 3.55. The Bertz CT molecular complexity index is 628. The predicted molar refractivity (Wildman–Crippen MR) is 62.8 cm³/mol. The first-order chi connectivity index (χ1) is 7.83. The molecular weight excluding hydrogens is 200 g/mol. The highest BCUT2D eigenvalue weighted by atomic mass is 15.2. The molecule has 3 rings (SSSR count). The molecule has 0 spiro atoms. The Hall–Kier alpha value is -2.36. The maximum Gasteiger partial charge on any atom is 0.157 e. The highest BCUT2D eigenvalue weighted by Crippen LogP contribution is 2.18. The van der Waals surface area contributed by atoms with E-state index >= 15 is 0 Å². The van der Waals surface area contributed by atoms with Gasteiger partial charge in [-0.2, -0.15) is 5.10 Å². The third-order valence-electron chi connectivity index (χ3n) is 2.42. The Morgan fingerprint density at radius 1 is 1.06 bits per heavy atom. The van der Waals surface area contributed by atoms with Gasteiger partial charge in [0.2, 0.25) is 0 Å². The predicted octanol–water partition coefficient (Wildman–Crippen LogP) is 1.98. The molecule has 0 atom stereocenters. The molecule has 0 aliphatic heterocycles. The van der Waals surface area contributed by atoms with E-state index in [1.54, 1.807) is 10.6 Å². The van der Waals surface area contributed by atoms with Gasteiger partial charge in [0.25, 0.3) is 0 Å². The molecule has 4 nitrogen and oxygen atoms in total. The van der Waals surface area contributed by atoms with Crippen molar-refractivity contribution < 1.29 is 0 Å². The van der Waals surface area contributed by atoms with Gasteiger partial charge in [0.05, 0.1) is 5.69 Å². The number of rotatable bonds is 1. The standard InChI is InChI=1S/C12H10N4/c13-11-6-7-16-12(14-11)8-10(15-16)9-4-2-1-3-5-9/h1-8H,(H2,13,14). The SMILES string of the molecule is Nc1ccn2nc(-c3ccccc3)cc2n1. The van der Waals surface area contributed by atoms with Crippen molar-refractivity contribution in [2.45, 2.75) is 0 Å². The van der Waals surface area contributed by atoms with Gasteiger partial charge >= 0.3 is 0 Å². The van der Waals surface area contributed by atoms with Crippen LogP contribution in [0.5, 0.6) is 0 Å². The van der Waals surface area contributed by atoms with E-state index in [-0.39, 0.29) is 0 Å². The molecule has 2 aromatic heterocycles. The molecule has 0 saturated carbocycles. The fourth-order valence-electron chi connectivity index (χ4n) is 1.64. The van der Waals surface area contributed by atoms with E-state index < -0.39 is 0 Å². The number of aromatic nitrogens is 3. The van der Waals surface area contributed by atoms with Gasteiger partial charge in [-0.15, -0.1) is 0 Å². The third kappa shape index (κ3) is 1.40. The van der Waals surface area contributed by atoms with Crippen LogP contribution in [0.2, 0.25) is 0 Å². The molecule has 0 amide bonds. The minimum absolute atomic E-state index is 0.506. The van der Waals surface area contributed by atoms with Crippen LogP contribution in [0.3, 0.4) is 0 Å². The number of anilines is 1. The summed E-state index contributed by atoms with van der Waals surface area (Å²) in [6, 6.07) is 13.6. The molecular formula is C12H10N4. The Labute approximate surface area is 92.4 Å². The number of nitrogens with two attached hydrogens (primary N) is 1. The topological polar surface area (TPSA) is 56.2 Å². The summed E-state index contributed by atoms with van der Waals surface area (Å²) >= 11 is 0. The molecule has 0 bridgehead atoms. The average Bonchev–Trinajstić information content (AvgIpc) is 2.73. The van der Waals surface area contributed by atoms with E-state index in [0.29, 0.717) is 5.82 Å². The van der Waals surface area contributed by atoms with E-state index in [4.69, 9.17) is 5.73 Å². The summed E-state index contributed by atoms with van der Waals surface area (Å²) in [5.74, 6) is 0.506. The van der Waals surface area contributed by atoms with Crippen molar-refractivity contribution in [3.8, 4) is 11.3 Å². The van der Waals surface area contributed by atoms with Crippen molar-refractivity contribution in [1.29, 1.82) is 0 Å². The summed E-state index contributed by atoms with van der Waals surface area (Å²) in [6.07, 6.45) is 1.81. The van der Waals surface area contributed by atoms with Gasteiger partial charge in [-0.05, 0) is 6.07 Å². The minimum atomic E-state index is 0.506. The smallest absolute Gasteiger partial charge is 0.157 e. The Morgan fingerprint density at radius 2 is 1.88 bits per heavy atom. The lowest BCUT2D eigenvalue weighted by molar-refractivity contribution is 0.946. The molecule has 0 aliphatic rings. The average molecular weight is 210 g/mol. The summed E-state index contributed by atoms with van der Waals surface area (Å²) in [4.78, 5) is 4.20. The van der Waals surface area contributed by atoms with E-state index in [9.17, 15) is 0 Å². The molecule has 0 radical (unpaired) electrons. The fourth-order valence-corrected chi connectivity index (χ4v) is 1.64. The van der Waals surface area contributed by atoms with Crippen molar-refractivity contribution in [3.63, 3.8) is 0 Å². The minimum Gasteiger partial charge on any atom is -0.384 e. The van der Waals surface area contributed by atoms with Gasteiger partial charge in [-0.3, -0.25) is 0 Å². The van der Waals surface area contributed by atoms with Crippen molar-refractivity contribution in [1.82, 2.24) is 14.6 Å². The maximum absolute atomic E-state index is 5.62. The van der Waals surface area contributed by atoms with Crippen LogP contribution in [0.25, 0.3) is 16.9 Å². The van der Waals surface area contributed by atoms with E-state index in [1.165, 1.54) is 0 Å². The summed E-state index contributed by atoms with van der Waals surface area (Å²) in [5.41, 5.74) is 8.36. The summed E-state index contributed by atoms with van der Waals surface area (Å²) in [5, 5.41) is 4.42. The molecule has 78 valence electrons. The van der Waals surface area contributed by atoms with Crippen LogP contribution in [0, 0.1) is 0 Å². The van der Waals surface area contributed by atoms with Gasteiger partial charge in [0.1, 0.15) is 5.82 Å². The number of benzene rings is 1. The molecule has 0 unspecified atom stereocenters. The maximum atomic E-state index is 5.62. The van der Waals surface area contributed by atoms with Crippen LogP contribution in [0.15, 0.2) is 48.7 Å². The zero-order valence-corrected chi connectivity index (χ0v) is 8.54. The lowest BCUT2D eigenvalue weighted by Crippen LogP contribution is -1.94. The molecule has 0 fully saturated rings. The largest absolute Gasteiger partial charge is 0.384 e. The van der Waals surface area contributed by atoms with Gasteiger partial charge in [-0.1, -0.05) is 30.3 Å². The van der Waals surface area contributed by atoms with E-state index in [2.05, 4.69) is 10.1 Å². The third-order valence-corrected chi connectivity index (χ3v) is 2.42. The molecule has 2 heterocycles. The number of fused-ring (bicyclic) bond motifs is 1. The highest BCUT2D eigenvalue weighted by Gasteiger charge is 2.04. The second kappa shape index (κ2) is 3.34. The van der Waals surface area contributed by atoms with E-state index in [0.717, 1.165) is 16.9 Å². The van der Waals surface area contributed by atoms with Crippen molar-refractivity contribution in [2.75, 3.05) is 5.73 Å². The summed E-state index contributed by atoms with van der Waals surface area (Å²) in [6.45, 7) is 0. The molecule has 4 heteroatoms. The van der Waals surface area contributed by atoms with Crippen LogP contribution in [-0.4, -0.2) is 14.6 Å². The van der Waals surface area contributed by atoms with Crippen LogP contribution < -0.4 is 5.73 Å². The zero-order chi connectivity index (χ0) is 11.0. The summed E-state index contributed by atoms with van der Waals surface area (Å²) < 4.78 is 1.72. The van der Waals surface area contributed by atoms with Crippen LogP contribution in [0.1, 0.15) is 0 Å². The zero-order valence-electron chi connectivity index (χ0n) is 8.54. The monoisotopic (exact) mass is 210 g/mol. The number of hydrogen-bond acceptors (Lipinski definition) is 3. The number of nitrogens with zero attached hydrogens (tertiary/aromatic N) is 3. The lowest BCUT2D eigenvalue weighted by atomic mass is 10.2. The van der Waals surface area contributed by atoms with E-state index in [1.807, 2.05) is 42.6 Å². The lowest BCUT2D eigenvalue weighted by Gasteiger charge is -1.93. The molecule has 3 aromatic rings. The van der Waals surface area contributed by atoms with Crippen LogP contribution in [-0.2, 0) is 0 Å². The second-order valence-corrected chi connectivity index (χ2v) is 3.55. The van der Waals surface area contributed by atoms with Crippen molar-refractivity contribution in [2.24, 2.45) is 0 Å². The van der Waals surface area contributed by atoms with Crippen molar-refractivity contribution in [3.05, 3.63) is 48.7 Å². The van der Waals surface area contributed by atoms with Gasteiger partial charge in [0.15, 0.2) is 5.65 Å². The Morgan fingerprint density at radius 3 is 2.69 bits per heavy atom. The fraction of sp³-hybridized carbons (Fsp3) is 0. The summed E-state index contributed by atoms with van der Waals surface area (Å²) in [7, 11) is 0. The Kier molecular flexibility index (Phi) is 1.86. The highest BCUT2D eigenvalue weighted by molar-refractivity contribution is 5.64. The first-order valence-electron chi connectivity index (χ1n) is 5.00. The van der Waals surface area contributed by atoms with Gasteiger partial charge < -0.3 is 5.73 Å². The normalized spacial score (nSPS) is 10.8. The van der Waals surface area contributed by atoms with Crippen LogP contribution in [0.4, 0.5) is 5.82 Å². The first kappa shape index (κ1) is 8.91. The molecule has 0 saturated heterocycles. The number of nitrogen functional groups attached to an aromatic ring is 1. The quantitative estimate of drug-likeness (QED) is 0.668. The molecule has 16 heavy (non-hydrogen) atoms. The molecule has 2 N–H and O–H groups in total. The molecule has 0 aliphatic carbocycles. The van der Waals surface area contributed by atoms with Gasteiger partial charge in [-0.25, -0.2) is 9.50 Å². The van der Waals surface area contributed by atoms with Crippen LogP contribution >= 0.6 is 0 Å². The number of hydrogen-bond donors (Lipinski definition) is 1.